The zero-order chi connectivity index (χ0) is 10.8. The maximum atomic E-state index is 11.9. The fourth-order valence-corrected chi connectivity index (χ4v) is 2.65. The fraction of sp³-hybridized carbons (Fsp3) is 0.364. The van der Waals surface area contributed by atoms with Crippen LogP contribution in [-0.4, -0.2) is 17.8 Å². The third kappa shape index (κ3) is 1.87. The van der Waals surface area contributed by atoms with Gasteiger partial charge in [0.1, 0.15) is 5.37 Å². The molecule has 0 radical (unpaired) electrons. The second-order valence-corrected chi connectivity index (χ2v) is 4.68. The summed E-state index contributed by atoms with van der Waals surface area (Å²) >= 11 is 1.44. The van der Waals surface area contributed by atoms with Gasteiger partial charge in [-0.25, -0.2) is 0 Å². The van der Waals surface area contributed by atoms with Gasteiger partial charge in [0, 0.05) is 11.4 Å². The van der Waals surface area contributed by atoms with Gasteiger partial charge in [-0.05, 0) is 18.6 Å². The molecule has 2 N–H and O–H groups in total. The van der Waals surface area contributed by atoms with Crippen molar-refractivity contribution in [1.29, 1.82) is 0 Å². The number of benzene rings is 1. The Hall–Kier alpha value is -1.00. The number of para-hydroxylation sites is 1. The first-order valence-electron chi connectivity index (χ1n) is 5.06. The molecule has 1 aromatic carbocycles. The van der Waals surface area contributed by atoms with Crippen LogP contribution in [0.4, 0.5) is 5.69 Å². The first-order chi connectivity index (χ1) is 7.24. The minimum absolute atomic E-state index is 0.0144. The molecule has 0 aliphatic carbocycles. The van der Waals surface area contributed by atoms with Crippen molar-refractivity contribution in [2.45, 2.75) is 23.6 Å². The second kappa shape index (κ2) is 4.24. The van der Waals surface area contributed by atoms with Crippen molar-refractivity contribution in [3.05, 3.63) is 24.3 Å². The Morgan fingerprint density at radius 2 is 2.20 bits per heavy atom. The Bertz CT molecular complexity index is 381. The molecule has 4 heteroatoms. The van der Waals surface area contributed by atoms with E-state index in [2.05, 4.69) is 6.92 Å². The molecule has 1 atom stereocenters. The number of amides is 1. The molecule has 3 nitrogen and oxygen atoms in total. The molecule has 80 valence electrons. The molecule has 1 unspecified atom stereocenters. The topological polar surface area (TPSA) is 46.3 Å². The average Bonchev–Trinajstić information content (AvgIpc) is 2.25. The van der Waals surface area contributed by atoms with E-state index in [9.17, 15) is 4.79 Å². The number of carbonyl (C=O) groups is 1. The summed E-state index contributed by atoms with van der Waals surface area (Å²) in [6.45, 7) is 2.80. The molecule has 1 heterocycles. The molecule has 0 bridgehead atoms. The lowest BCUT2D eigenvalue weighted by atomic mass is 10.2. The van der Waals surface area contributed by atoms with Crippen molar-refractivity contribution in [3.8, 4) is 0 Å². The van der Waals surface area contributed by atoms with Crippen molar-refractivity contribution in [2.24, 2.45) is 5.73 Å². The Morgan fingerprint density at radius 3 is 2.93 bits per heavy atom. The van der Waals surface area contributed by atoms with Crippen LogP contribution < -0.4 is 10.6 Å². The van der Waals surface area contributed by atoms with Gasteiger partial charge >= 0.3 is 0 Å². The molecule has 1 aromatic rings. The van der Waals surface area contributed by atoms with E-state index in [0.717, 1.165) is 23.5 Å². The van der Waals surface area contributed by atoms with Crippen LogP contribution in [0.3, 0.4) is 0 Å². The predicted octanol–water partition coefficient (Wildman–Crippen LogP) is 1.82. The lowest BCUT2D eigenvalue weighted by molar-refractivity contribution is -0.118. The first-order valence-corrected chi connectivity index (χ1v) is 5.94. The van der Waals surface area contributed by atoms with Crippen molar-refractivity contribution in [1.82, 2.24) is 0 Å². The van der Waals surface area contributed by atoms with Crippen molar-refractivity contribution in [2.75, 3.05) is 11.4 Å². The third-order valence-electron chi connectivity index (χ3n) is 2.37. The van der Waals surface area contributed by atoms with Gasteiger partial charge in [0.05, 0.1) is 5.69 Å². The number of nitrogens with zero attached hydrogens (tertiary/aromatic N) is 1. The largest absolute Gasteiger partial charge is 0.311 e. The van der Waals surface area contributed by atoms with Gasteiger partial charge in [-0.2, -0.15) is 0 Å². The number of fused-ring (bicyclic) bond motifs is 1. The molecular formula is C11H14N2OS. The quantitative estimate of drug-likeness (QED) is 0.830. The van der Waals surface area contributed by atoms with E-state index in [1.807, 2.05) is 24.3 Å². The number of hydrogen-bond donors (Lipinski definition) is 1. The summed E-state index contributed by atoms with van der Waals surface area (Å²) in [5, 5.41) is -0.452. The summed E-state index contributed by atoms with van der Waals surface area (Å²) in [4.78, 5) is 14.7. The summed E-state index contributed by atoms with van der Waals surface area (Å²) in [6, 6.07) is 7.90. The molecule has 0 saturated heterocycles. The molecule has 0 spiro atoms. The Labute approximate surface area is 93.6 Å². The van der Waals surface area contributed by atoms with Crippen LogP contribution in [0.15, 0.2) is 29.2 Å². The maximum Gasteiger partial charge on any atom is 0.254 e. The number of thioether (sulfide) groups is 1. The molecular weight excluding hydrogens is 208 g/mol. The van der Waals surface area contributed by atoms with Crippen LogP contribution in [0.2, 0.25) is 0 Å². The van der Waals surface area contributed by atoms with Crippen molar-refractivity contribution < 1.29 is 4.79 Å². The summed E-state index contributed by atoms with van der Waals surface area (Å²) in [5.41, 5.74) is 6.78. The first kappa shape index (κ1) is 10.5. The van der Waals surface area contributed by atoms with Crippen molar-refractivity contribution in [3.63, 3.8) is 0 Å². The highest BCUT2D eigenvalue weighted by Crippen LogP contribution is 2.37. The van der Waals surface area contributed by atoms with Crippen molar-refractivity contribution >= 4 is 23.4 Å². The Balaban J connectivity index is 2.40. The second-order valence-electron chi connectivity index (χ2n) is 3.50. The Morgan fingerprint density at radius 1 is 1.47 bits per heavy atom. The van der Waals surface area contributed by atoms with E-state index in [1.165, 1.54) is 11.8 Å². The maximum absolute atomic E-state index is 11.9. The zero-order valence-corrected chi connectivity index (χ0v) is 9.46. The lowest BCUT2D eigenvalue weighted by Gasteiger charge is -2.31. The molecule has 2 rings (SSSR count). The summed E-state index contributed by atoms with van der Waals surface area (Å²) in [5.74, 6) is 0.0144. The number of rotatable bonds is 2. The lowest BCUT2D eigenvalue weighted by Crippen LogP contribution is -2.45. The summed E-state index contributed by atoms with van der Waals surface area (Å²) in [6.07, 6.45) is 0.942. The van der Waals surface area contributed by atoms with Crippen LogP contribution in [0, 0.1) is 0 Å². The fourth-order valence-electron chi connectivity index (χ4n) is 1.69. The van der Waals surface area contributed by atoms with Gasteiger partial charge in [0.2, 0.25) is 0 Å². The summed E-state index contributed by atoms with van der Waals surface area (Å²) in [7, 11) is 0. The molecule has 0 fully saturated rings. The van der Waals surface area contributed by atoms with Gasteiger partial charge in [0.15, 0.2) is 0 Å². The highest BCUT2D eigenvalue weighted by atomic mass is 32.2. The van der Waals surface area contributed by atoms with Crippen LogP contribution in [0.25, 0.3) is 0 Å². The van der Waals surface area contributed by atoms with Crippen LogP contribution in [-0.2, 0) is 4.79 Å². The average molecular weight is 222 g/mol. The van der Waals surface area contributed by atoms with E-state index < -0.39 is 5.37 Å². The number of anilines is 1. The third-order valence-corrected chi connectivity index (χ3v) is 3.42. The molecule has 1 aliphatic heterocycles. The standard InChI is InChI=1S/C11H14N2OS/c1-2-7-13-8-5-3-4-6-9(8)15-10(12)11(13)14/h3-6,10H,2,7,12H2,1H3. The summed E-state index contributed by atoms with van der Waals surface area (Å²) < 4.78 is 0. The van der Waals surface area contributed by atoms with E-state index in [0.29, 0.717) is 0 Å². The smallest absolute Gasteiger partial charge is 0.254 e. The van der Waals surface area contributed by atoms with E-state index >= 15 is 0 Å². The Kier molecular flexibility index (Phi) is 2.98. The van der Waals surface area contributed by atoms with Gasteiger partial charge in [-0.3, -0.25) is 4.79 Å². The minimum Gasteiger partial charge on any atom is -0.311 e. The number of carbonyl (C=O) groups excluding carboxylic acids is 1. The highest BCUT2D eigenvalue weighted by molar-refractivity contribution is 8.00. The molecule has 15 heavy (non-hydrogen) atoms. The zero-order valence-electron chi connectivity index (χ0n) is 8.64. The van der Waals surface area contributed by atoms with Crippen LogP contribution in [0.5, 0.6) is 0 Å². The van der Waals surface area contributed by atoms with Crippen LogP contribution in [0.1, 0.15) is 13.3 Å². The van der Waals surface area contributed by atoms with E-state index in [-0.39, 0.29) is 5.91 Å². The molecule has 1 aliphatic rings. The minimum atomic E-state index is -0.452. The predicted molar refractivity (Wildman–Crippen MR) is 62.9 cm³/mol. The highest BCUT2D eigenvalue weighted by Gasteiger charge is 2.29. The van der Waals surface area contributed by atoms with Gasteiger partial charge in [-0.1, -0.05) is 30.8 Å². The van der Waals surface area contributed by atoms with E-state index in [1.54, 1.807) is 4.90 Å². The van der Waals surface area contributed by atoms with Gasteiger partial charge in [-0.15, -0.1) is 0 Å². The van der Waals surface area contributed by atoms with E-state index in [4.69, 9.17) is 5.73 Å². The number of hydrogen-bond acceptors (Lipinski definition) is 3. The van der Waals surface area contributed by atoms with Gasteiger partial charge in [0.25, 0.3) is 5.91 Å². The number of nitrogens with two attached hydrogens (primary N) is 1. The SMILES string of the molecule is CCCN1C(=O)C(N)Sc2ccccc21. The van der Waals surface area contributed by atoms with Crippen LogP contribution >= 0.6 is 11.8 Å². The monoisotopic (exact) mass is 222 g/mol. The normalized spacial score (nSPS) is 20.3. The van der Waals surface area contributed by atoms with Gasteiger partial charge < -0.3 is 10.6 Å². The molecule has 0 saturated carbocycles. The molecule has 0 aromatic heterocycles. The molecule has 1 amide bonds.